The molecule has 0 radical (unpaired) electrons. The molecule has 21 heavy (non-hydrogen) atoms. The summed E-state index contributed by atoms with van der Waals surface area (Å²) in [5.41, 5.74) is 0. The summed E-state index contributed by atoms with van der Waals surface area (Å²) in [4.78, 5) is 0.177. The van der Waals surface area contributed by atoms with Crippen molar-refractivity contribution in [2.75, 3.05) is 6.54 Å². The van der Waals surface area contributed by atoms with Crippen molar-refractivity contribution in [1.29, 1.82) is 0 Å². The Labute approximate surface area is 135 Å². The van der Waals surface area contributed by atoms with Crippen LogP contribution in [0.2, 0.25) is 0 Å². The summed E-state index contributed by atoms with van der Waals surface area (Å²) in [6, 6.07) is 1.89. The van der Waals surface area contributed by atoms with Gasteiger partial charge < -0.3 is 9.73 Å². The summed E-state index contributed by atoms with van der Waals surface area (Å²) in [7, 11) is -3.51. The van der Waals surface area contributed by atoms with Gasteiger partial charge in [-0.2, -0.15) is 0 Å². The summed E-state index contributed by atoms with van der Waals surface area (Å²) < 4.78 is 32.9. The molecule has 0 aromatic carbocycles. The first-order valence-corrected chi connectivity index (χ1v) is 9.67. The van der Waals surface area contributed by atoms with Crippen molar-refractivity contribution in [1.82, 2.24) is 10.0 Å². The van der Waals surface area contributed by atoms with Crippen LogP contribution in [0.25, 0.3) is 0 Å². The molecular weight excluding hydrogens is 356 g/mol. The molecule has 2 N–H and O–H groups in total. The van der Waals surface area contributed by atoms with Crippen LogP contribution >= 0.6 is 15.9 Å². The van der Waals surface area contributed by atoms with Crippen LogP contribution in [-0.4, -0.2) is 21.0 Å². The molecule has 0 bridgehead atoms. The zero-order valence-electron chi connectivity index (χ0n) is 12.5. The third-order valence-electron chi connectivity index (χ3n) is 3.75. The van der Waals surface area contributed by atoms with Crippen LogP contribution in [0.15, 0.2) is 20.0 Å². The van der Waals surface area contributed by atoms with E-state index in [1.165, 1.54) is 19.3 Å². The fourth-order valence-electron chi connectivity index (χ4n) is 2.23. The lowest BCUT2D eigenvalue weighted by Gasteiger charge is -2.24. The molecule has 120 valence electrons. The van der Waals surface area contributed by atoms with E-state index >= 15 is 0 Å². The highest BCUT2D eigenvalue weighted by Gasteiger charge is 2.23. The van der Waals surface area contributed by atoms with E-state index in [2.05, 4.69) is 26.0 Å². The highest BCUT2D eigenvalue weighted by atomic mass is 79.9. The van der Waals surface area contributed by atoms with E-state index in [0.717, 1.165) is 6.42 Å². The van der Waals surface area contributed by atoms with Crippen molar-refractivity contribution in [2.45, 2.75) is 57.0 Å². The van der Waals surface area contributed by atoms with Crippen LogP contribution in [0, 0.1) is 5.92 Å². The van der Waals surface area contributed by atoms with E-state index in [4.69, 9.17) is 4.42 Å². The van der Waals surface area contributed by atoms with E-state index in [9.17, 15) is 8.42 Å². The minimum absolute atomic E-state index is 0.177. The molecule has 1 aromatic rings. The summed E-state index contributed by atoms with van der Waals surface area (Å²) in [6.45, 7) is 5.05. The van der Waals surface area contributed by atoms with Crippen LogP contribution in [-0.2, 0) is 16.6 Å². The largest absolute Gasteiger partial charge is 0.452 e. The fourth-order valence-corrected chi connectivity index (χ4v) is 4.27. The maximum Gasteiger partial charge on any atom is 0.244 e. The molecule has 2 rings (SSSR count). The normalized spacial score (nSPS) is 16.4. The quantitative estimate of drug-likeness (QED) is 0.729. The number of sulfonamides is 1. The van der Waals surface area contributed by atoms with Gasteiger partial charge in [0.05, 0.1) is 6.54 Å². The van der Waals surface area contributed by atoms with Gasteiger partial charge >= 0.3 is 0 Å². The molecule has 1 aromatic heterocycles. The molecule has 0 amide bonds. The van der Waals surface area contributed by atoms with E-state index in [1.807, 2.05) is 13.8 Å². The predicted molar refractivity (Wildman–Crippen MR) is 85.5 cm³/mol. The molecule has 7 heteroatoms. The first-order chi connectivity index (χ1) is 9.88. The van der Waals surface area contributed by atoms with Crippen molar-refractivity contribution in [2.24, 2.45) is 5.92 Å². The van der Waals surface area contributed by atoms with Crippen LogP contribution in [0.1, 0.15) is 45.3 Å². The van der Waals surface area contributed by atoms with Crippen molar-refractivity contribution in [3.63, 3.8) is 0 Å². The number of nitrogens with one attached hydrogen (secondary N) is 2. The zero-order chi connectivity index (χ0) is 15.5. The third-order valence-corrected chi connectivity index (χ3v) is 6.07. The average molecular weight is 379 g/mol. The number of hydrogen-bond acceptors (Lipinski definition) is 4. The summed E-state index contributed by atoms with van der Waals surface area (Å²) >= 11 is 3.19. The second-order valence-corrected chi connectivity index (χ2v) is 8.33. The van der Waals surface area contributed by atoms with Gasteiger partial charge in [0.1, 0.15) is 10.7 Å². The number of halogens is 1. The Morgan fingerprint density at radius 1 is 1.43 bits per heavy atom. The van der Waals surface area contributed by atoms with Gasteiger partial charge in [-0.15, -0.1) is 0 Å². The third kappa shape index (κ3) is 4.81. The Bertz CT molecular complexity index is 565. The molecule has 5 nitrogen and oxygen atoms in total. The highest BCUT2D eigenvalue weighted by Crippen LogP contribution is 2.29. The van der Waals surface area contributed by atoms with Gasteiger partial charge in [-0.05, 0) is 28.3 Å². The van der Waals surface area contributed by atoms with Crippen molar-refractivity contribution >= 4 is 26.0 Å². The van der Waals surface area contributed by atoms with Gasteiger partial charge in [-0.3, -0.25) is 0 Å². The lowest BCUT2D eigenvalue weighted by molar-refractivity contribution is 0.297. The minimum atomic E-state index is -3.51. The lowest BCUT2D eigenvalue weighted by Crippen LogP contribution is -2.27. The van der Waals surface area contributed by atoms with Gasteiger partial charge in [0, 0.05) is 18.7 Å². The van der Waals surface area contributed by atoms with Crippen molar-refractivity contribution in [3.8, 4) is 0 Å². The first kappa shape index (κ1) is 17.0. The van der Waals surface area contributed by atoms with Gasteiger partial charge in [0.2, 0.25) is 10.0 Å². The fraction of sp³-hybridized carbons (Fsp3) is 0.714. The van der Waals surface area contributed by atoms with Crippen LogP contribution < -0.4 is 10.0 Å². The summed E-state index contributed by atoms with van der Waals surface area (Å²) in [5, 5.41) is 3.20. The molecular formula is C14H23BrN2O3S. The maximum absolute atomic E-state index is 12.3. The Balaban J connectivity index is 1.94. The lowest BCUT2D eigenvalue weighted by atomic mass is 9.83. The number of hydrogen-bond donors (Lipinski definition) is 2. The maximum atomic E-state index is 12.3. The smallest absolute Gasteiger partial charge is 0.244 e. The Hall–Kier alpha value is -0.370. The minimum Gasteiger partial charge on any atom is -0.452 e. The highest BCUT2D eigenvalue weighted by molar-refractivity contribution is 9.10. The average Bonchev–Trinajstić information content (AvgIpc) is 2.72. The van der Waals surface area contributed by atoms with E-state index < -0.39 is 10.0 Å². The molecule has 1 saturated carbocycles. The van der Waals surface area contributed by atoms with Crippen molar-refractivity contribution < 1.29 is 12.8 Å². The number of rotatable bonds is 8. The van der Waals surface area contributed by atoms with E-state index in [0.29, 0.717) is 30.8 Å². The SMILES string of the molecule is CC(C)NCc1cc(S(=O)(=O)NCCC2CCC2)c(Br)o1. The van der Waals surface area contributed by atoms with Crippen molar-refractivity contribution in [3.05, 3.63) is 16.5 Å². The predicted octanol–water partition coefficient (Wildman–Crippen LogP) is 3.01. The van der Waals surface area contributed by atoms with Gasteiger partial charge in [-0.25, -0.2) is 13.1 Å². The second-order valence-electron chi connectivity index (χ2n) is 5.87. The van der Waals surface area contributed by atoms with Crippen LogP contribution in [0.5, 0.6) is 0 Å². The van der Waals surface area contributed by atoms with Crippen LogP contribution in [0.4, 0.5) is 0 Å². The summed E-state index contributed by atoms with van der Waals surface area (Å²) in [6.07, 6.45) is 4.64. The molecule has 1 aliphatic carbocycles. The van der Waals surface area contributed by atoms with E-state index in [1.54, 1.807) is 6.07 Å². The molecule has 0 spiro atoms. The zero-order valence-corrected chi connectivity index (χ0v) is 14.9. The Kier molecular flexibility index (Phi) is 5.88. The first-order valence-electron chi connectivity index (χ1n) is 7.39. The molecule has 0 saturated heterocycles. The number of furan rings is 1. The molecule has 0 aliphatic heterocycles. The Morgan fingerprint density at radius 3 is 2.71 bits per heavy atom. The topological polar surface area (TPSA) is 71.3 Å². The van der Waals surface area contributed by atoms with Crippen LogP contribution in [0.3, 0.4) is 0 Å². The molecule has 0 atom stereocenters. The van der Waals surface area contributed by atoms with Gasteiger partial charge in [-0.1, -0.05) is 33.1 Å². The van der Waals surface area contributed by atoms with Gasteiger partial charge in [0.25, 0.3) is 0 Å². The van der Waals surface area contributed by atoms with E-state index in [-0.39, 0.29) is 9.56 Å². The standard InChI is InChI=1S/C14H23BrN2O3S/c1-10(2)16-9-12-8-13(14(15)20-12)21(18,19)17-7-6-11-4-3-5-11/h8,10-11,16-17H,3-7,9H2,1-2H3. The Morgan fingerprint density at radius 2 is 2.14 bits per heavy atom. The second kappa shape index (κ2) is 7.26. The molecule has 1 heterocycles. The molecule has 0 unspecified atom stereocenters. The molecule has 1 fully saturated rings. The molecule has 1 aliphatic rings. The monoisotopic (exact) mass is 378 g/mol. The summed E-state index contributed by atoms with van der Waals surface area (Å²) in [5.74, 6) is 1.29. The van der Waals surface area contributed by atoms with Gasteiger partial charge in [0.15, 0.2) is 4.67 Å².